The fourth-order valence-electron chi connectivity index (χ4n) is 3.28. The van der Waals surface area contributed by atoms with Gasteiger partial charge in [-0.1, -0.05) is 13.3 Å². The largest absolute Gasteiger partial charge is 0.341 e. The van der Waals surface area contributed by atoms with Crippen molar-refractivity contribution in [1.29, 1.82) is 0 Å². The van der Waals surface area contributed by atoms with Crippen molar-refractivity contribution in [1.82, 2.24) is 9.80 Å². The van der Waals surface area contributed by atoms with Crippen LogP contribution < -0.4 is 5.73 Å². The van der Waals surface area contributed by atoms with Crippen LogP contribution in [0.1, 0.15) is 51.9 Å². The Kier molecular flexibility index (Phi) is 7.46. The van der Waals surface area contributed by atoms with Gasteiger partial charge in [0.2, 0.25) is 11.8 Å². The van der Waals surface area contributed by atoms with E-state index >= 15 is 0 Å². The predicted molar refractivity (Wildman–Crippen MR) is 85.3 cm³/mol. The molecule has 0 radical (unpaired) electrons. The van der Waals surface area contributed by atoms with E-state index in [-0.39, 0.29) is 24.4 Å². The second kappa shape index (κ2) is 8.59. The number of nitrogens with zero attached hydrogens (tertiary/aromatic N) is 2. The molecule has 2 aliphatic heterocycles. The van der Waals surface area contributed by atoms with Gasteiger partial charge >= 0.3 is 0 Å². The van der Waals surface area contributed by atoms with Crippen LogP contribution >= 0.6 is 12.4 Å². The van der Waals surface area contributed by atoms with E-state index in [1.165, 1.54) is 0 Å². The highest BCUT2D eigenvalue weighted by Gasteiger charge is 2.31. The number of carbonyl (C=O) groups is 2. The molecule has 0 bridgehead atoms. The van der Waals surface area contributed by atoms with E-state index in [0.29, 0.717) is 18.4 Å². The molecule has 21 heavy (non-hydrogen) atoms. The average molecular weight is 318 g/mol. The molecule has 0 aromatic carbocycles. The summed E-state index contributed by atoms with van der Waals surface area (Å²) in [7, 11) is 0. The molecular weight excluding hydrogens is 290 g/mol. The normalized spacial score (nSPS) is 21.9. The van der Waals surface area contributed by atoms with Gasteiger partial charge in [-0.15, -0.1) is 12.4 Å². The van der Waals surface area contributed by atoms with Crippen molar-refractivity contribution < 1.29 is 9.59 Å². The molecule has 1 unspecified atom stereocenters. The number of carbonyl (C=O) groups excluding carboxylic acids is 2. The lowest BCUT2D eigenvalue weighted by Gasteiger charge is -2.40. The minimum atomic E-state index is -0.354. The van der Waals surface area contributed by atoms with Crippen LogP contribution in [0, 0.1) is 0 Å². The predicted octanol–water partition coefficient (Wildman–Crippen LogP) is 1.54. The molecule has 2 fully saturated rings. The number of likely N-dealkylation sites (tertiary alicyclic amines) is 2. The molecule has 2 saturated heterocycles. The van der Waals surface area contributed by atoms with E-state index in [1.54, 1.807) is 0 Å². The quantitative estimate of drug-likeness (QED) is 0.855. The van der Waals surface area contributed by atoms with Crippen molar-refractivity contribution in [3.63, 3.8) is 0 Å². The number of amides is 2. The molecule has 2 amide bonds. The number of piperidine rings is 2. The third kappa shape index (κ3) is 4.58. The summed E-state index contributed by atoms with van der Waals surface area (Å²) in [5, 5.41) is 0. The van der Waals surface area contributed by atoms with E-state index in [0.717, 1.165) is 58.2 Å². The van der Waals surface area contributed by atoms with E-state index in [2.05, 4.69) is 0 Å². The lowest BCUT2D eigenvalue weighted by molar-refractivity contribution is -0.139. The fourth-order valence-corrected chi connectivity index (χ4v) is 3.28. The van der Waals surface area contributed by atoms with Crippen molar-refractivity contribution in [2.24, 2.45) is 5.73 Å². The van der Waals surface area contributed by atoms with Crippen LogP contribution in [0.15, 0.2) is 0 Å². The maximum absolute atomic E-state index is 12.2. The first kappa shape index (κ1) is 18.2. The summed E-state index contributed by atoms with van der Waals surface area (Å²) >= 11 is 0. The standard InChI is InChI=1S/C15H27N3O2.ClH/c1-2-5-13(16)15(20)17-10-7-12(8-11-17)18-9-4-3-6-14(18)19;/h12-13H,2-11,16H2,1H3;1H. The molecule has 5 nitrogen and oxygen atoms in total. The van der Waals surface area contributed by atoms with Gasteiger partial charge in [-0.25, -0.2) is 0 Å². The molecule has 122 valence electrons. The van der Waals surface area contributed by atoms with Gasteiger partial charge in [-0.3, -0.25) is 9.59 Å². The average Bonchev–Trinajstić information content (AvgIpc) is 2.47. The minimum absolute atomic E-state index is 0. The summed E-state index contributed by atoms with van der Waals surface area (Å²) in [6.07, 6.45) is 6.33. The second-order valence-electron chi connectivity index (χ2n) is 6.00. The van der Waals surface area contributed by atoms with Crippen LogP contribution in [-0.2, 0) is 9.59 Å². The summed E-state index contributed by atoms with van der Waals surface area (Å²) in [5.74, 6) is 0.374. The van der Waals surface area contributed by atoms with Gasteiger partial charge in [-0.2, -0.15) is 0 Å². The van der Waals surface area contributed by atoms with Crippen molar-refractivity contribution in [3.05, 3.63) is 0 Å². The van der Waals surface area contributed by atoms with E-state index in [9.17, 15) is 9.59 Å². The van der Waals surface area contributed by atoms with Gasteiger partial charge in [0.15, 0.2) is 0 Å². The second-order valence-corrected chi connectivity index (χ2v) is 6.00. The Labute approximate surface area is 133 Å². The van der Waals surface area contributed by atoms with Crippen LogP contribution in [0.2, 0.25) is 0 Å². The summed E-state index contributed by atoms with van der Waals surface area (Å²) in [4.78, 5) is 28.0. The Bertz CT molecular complexity index is 357. The van der Waals surface area contributed by atoms with Crippen molar-refractivity contribution in [3.8, 4) is 0 Å². The SMILES string of the molecule is CCCC(N)C(=O)N1CCC(N2CCCCC2=O)CC1.Cl. The molecule has 0 aliphatic carbocycles. The zero-order valence-corrected chi connectivity index (χ0v) is 13.7. The first-order valence-corrected chi connectivity index (χ1v) is 7.97. The monoisotopic (exact) mass is 317 g/mol. The van der Waals surface area contributed by atoms with Crippen molar-refractivity contribution >= 4 is 24.2 Å². The number of hydrogen-bond acceptors (Lipinski definition) is 3. The first-order chi connectivity index (χ1) is 9.63. The first-order valence-electron chi connectivity index (χ1n) is 7.97. The lowest BCUT2D eigenvalue weighted by atomic mass is 9.98. The Morgan fingerprint density at radius 2 is 1.95 bits per heavy atom. The highest BCUT2D eigenvalue weighted by atomic mass is 35.5. The molecule has 0 aromatic rings. The highest BCUT2D eigenvalue weighted by molar-refractivity contribution is 5.85. The van der Waals surface area contributed by atoms with Crippen LogP contribution in [0.5, 0.6) is 0 Å². The molecule has 0 aromatic heterocycles. The van der Waals surface area contributed by atoms with Crippen LogP contribution in [-0.4, -0.2) is 53.3 Å². The molecule has 2 rings (SSSR count). The fraction of sp³-hybridized carbons (Fsp3) is 0.867. The minimum Gasteiger partial charge on any atom is -0.341 e. The van der Waals surface area contributed by atoms with Crippen LogP contribution in [0.3, 0.4) is 0 Å². The van der Waals surface area contributed by atoms with Gasteiger partial charge in [0.25, 0.3) is 0 Å². The number of rotatable bonds is 4. The van der Waals surface area contributed by atoms with Crippen LogP contribution in [0.25, 0.3) is 0 Å². The number of nitrogens with two attached hydrogens (primary N) is 1. The molecule has 6 heteroatoms. The van der Waals surface area contributed by atoms with Crippen molar-refractivity contribution in [2.45, 2.75) is 64.0 Å². The van der Waals surface area contributed by atoms with Gasteiger partial charge < -0.3 is 15.5 Å². The highest BCUT2D eigenvalue weighted by Crippen LogP contribution is 2.22. The summed E-state index contributed by atoms with van der Waals surface area (Å²) in [6.45, 7) is 4.42. The van der Waals surface area contributed by atoms with E-state index in [1.807, 2.05) is 16.7 Å². The van der Waals surface area contributed by atoms with E-state index < -0.39 is 0 Å². The summed E-state index contributed by atoms with van der Waals surface area (Å²) in [5.41, 5.74) is 5.90. The molecule has 0 spiro atoms. The van der Waals surface area contributed by atoms with Gasteiger partial charge in [0.1, 0.15) is 0 Å². The van der Waals surface area contributed by atoms with E-state index in [4.69, 9.17) is 5.73 Å². The number of hydrogen-bond donors (Lipinski definition) is 1. The maximum atomic E-state index is 12.2. The molecule has 2 heterocycles. The van der Waals surface area contributed by atoms with Gasteiger partial charge in [-0.05, 0) is 32.1 Å². The third-order valence-corrected chi connectivity index (χ3v) is 4.49. The van der Waals surface area contributed by atoms with Crippen molar-refractivity contribution in [2.75, 3.05) is 19.6 Å². The smallest absolute Gasteiger partial charge is 0.239 e. The maximum Gasteiger partial charge on any atom is 0.239 e. The Hall–Kier alpha value is -0.810. The third-order valence-electron chi connectivity index (χ3n) is 4.49. The topological polar surface area (TPSA) is 66.6 Å². The molecule has 2 aliphatic rings. The van der Waals surface area contributed by atoms with Gasteiger partial charge in [0.05, 0.1) is 6.04 Å². The summed E-state index contributed by atoms with van der Waals surface area (Å²) in [6, 6.07) is -0.0255. The zero-order valence-electron chi connectivity index (χ0n) is 12.9. The Morgan fingerprint density at radius 3 is 2.52 bits per heavy atom. The number of halogens is 1. The Morgan fingerprint density at radius 1 is 1.29 bits per heavy atom. The molecule has 2 N–H and O–H groups in total. The van der Waals surface area contributed by atoms with Gasteiger partial charge in [0, 0.05) is 32.1 Å². The summed E-state index contributed by atoms with van der Waals surface area (Å²) < 4.78 is 0. The molecule has 0 saturated carbocycles. The zero-order chi connectivity index (χ0) is 14.5. The Balaban J connectivity index is 0.00000220. The molecular formula is C15H28ClN3O2. The lowest BCUT2D eigenvalue weighted by Crippen LogP contribution is -2.52. The molecule has 1 atom stereocenters. The van der Waals surface area contributed by atoms with Crippen LogP contribution in [0.4, 0.5) is 0 Å².